The lowest BCUT2D eigenvalue weighted by Crippen LogP contribution is -2.31. The second-order valence-corrected chi connectivity index (χ2v) is 5.55. The fraction of sp³-hybridized carbons (Fsp3) is 0.286. The van der Waals surface area contributed by atoms with E-state index in [4.69, 9.17) is 0 Å². The molecular formula is C14H15N3OS. The maximum atomic E-state index is 12.1. The number of hydrogen-bond acceptors (Lipinski definition) is 4. The molecule has 0 fully saturated rings. The fourth-order valence-electron chi connectivity index (χ4n) is 2.43. The molecule has 1 aliphatic heterocycles. The van der Waals surface area contributed by atoms with Gasteiger partial charge in [0.1, 0.15) is 0 Å². The third-order valence-electron chi connectivity index (χ3n) is 3.47. The van der Waals surface area contributed by atoms with E-state index in [0.29, 0.717) is 0 Å². The minimum atomic E-state index is 0.111. The highest BCUT2D eigenvalue weighted by atomic mass is 32.1. The van der Waals surface area contributed by atoms with Crippen LogP contribution in [0.5, 0.6) is 0 Å². The third kappa shape index (κ3) is 2.27. The lowest BCUT2D eigenvalue weighted by atomic mass is 10.0. The Hall–Kier alpha value is -1.72. The number of nitrogens with one attached hydrogen (secondary N) is 1. The number of hydrogen-bond donors (Lipinski definition) is 1. The van der Waals surface area contributed by atoms with Gasteiger partial charge in [0.25, 0.3) is 5.91 Å². The van der Waals surface area contributed by atoms with Gasteiger partial charge in [-0.25, -0.2) is 4.37 Å². The standard InChI is InChI=1S/C14H15N3OS/c1-17-13(9-15-8-10-6-7-16-19-10)11-4-2-3-5-12(11)14(17)18/h2-7,13,15H,8-9H2,1H3. The Bertz CT molecular complexity index is 582. The van der Waals surface area contributed by atoms with Crippen molar-refractivity contribution in [3.63, 3.8) is 0 Å². The number of likely N-dealkylation sites (N-methyl/N-ethyl adjacent to an activating group) is 1. The van der Waals surface area contributed by atoms with E-state index in [1.807, 2.05) is 48.5 Å². The number of amides is 1. The molecule has 1 aromatic carbocycles. The van der Waals surface area contributed by atoms with Gasteiger partial charge >= 0.3 is 0 Å². The molecule has 0 bridgehead atoms. The maximum absolute atomic E-state index is 12.1. The summed E-state index contributed by atoms with van der Waals surface area (Å²) in [7, 11) is 1.86. The molecule has 0 radical (unpaired) electrons. The first-order valence-corrected chi connectivity index (χ1v) is 7.01. The van der Waals surface area contributed by atoms with E-state index in [2.05, 4.69) is 9.69 Å². The summed E-state index contributed by atoms with van der Waals surface area (Å²) < 4.78 is 4.07. The molecule has 0 saturated carbocycles. The van der Waals surface area contributed by atoms with Crippen LogP contribution >= 0.6 is 11.5 Å². The monoisotopic (exact) mass is 273 g/mol. The van der Waals surface area contributed by atoms with Crippen LogP contribution in [0.1, 0.15) is 26.8 Å². The van der Waals surface area contributed by atoms with E-state index >= 15 is 0 Å². The van der Waals surface area contributed by atoms with Crippen molar-refractivity contribution in [3.8, 4) is 0 Å². The van der Waals surface area contributed by atoms with Crippen LogP contribution in [-0.2, 0) is 6.54 Å². The number of aromatic nitrogens is 1. The van der Waals surface area contributed by atoms with Crippen LogP contribution in [0, 0.1) is 0 Å². The van der Waals surface area contributed by atoms with Crippen LogP contribution in [0.25, 0.3) is 0 Å². The highest BCUT2D eigenvalue weighted by Gasteiger charge is 2.33. The molecule has 4 nitrogen and oxygen atoms in total. The molecule has 19 heavy (non-hydrogen) atoms. The molecule has 2 heterocycles. The van der Waals surface area contributed by atoms with Gasteiger partial charge in [0.2, 0.25) is 0 Å². The van der Waals surface area contributed by atoms with Crippen LogP contribution in [0.15, 0.2) is 36.5 Å². The highest BCUT2D eigenvalue weighted by Crippen LogP contribution is 2.31. The smallest absolute Gasteiger partial charge is 0.254 e. The molecule has 1 N–H and O–H groups in total. The van der Waals surface area contributed by atoms with Crippen molar-refractivity contribution in [2.24, 2.45) is 0 Å². The molecule has 1 amide bonds. The molecule has 0 saturated heterocycles. The molecule has 1 unspecified atom stereocenters. The van der Waals surface area contributed by atoms with Gasteiger partial charge in [-0.15, -0.1) is 0 Å². The maximum Gasteiger partial charge on any atom is 0.254 e. The second-order valence-electron chi connectivity index (χ2n) is 4.63. The molecule has 0 spiro atoms. The average molecular weight is 273 g/mol. The van der Waals surface area contributed by atoms with Crippen molar-refractivity contribution >= 4 is 17.4 Å². The minimum Gasteiger partial charge on any atom is -0.333 e. The first-order valence-electron chi connectivity index (χ1n) is 6.23. The van der Waals surface area contributed by atoms with Crippen molar-refractivity contribution < 1.29 is 4.79 Å². The summed E-state index contributed by atoms with van der Waals surface area (Å²) in [5.41, 5.74) is 1.95. The van der Waals surface area contributed by atoms with E-state index in [0.717, 1.165) is 24.2 Å². The summed E-state index contributed by atoms with van der Waals surface area (Å²) in [5, 5.41) is 3.40. The average Bonchev–Trinajstić information content (AvgIpc) is 3.02. The van der Waals surface area contributed by atoms with Gasteiger partial charge in [-0.2, -0.15) is 0 Å². The lowest BCUT2D eigenvalue weighted by molar-refractivity contribution is 0.0773. The first kappa shape index (κ1) is 12.3. The van der Waals surface area contributed by atoms with Gasteiger partial charge in [-0.05, 0) is 29.2 Å². The Labute approximate surface area is 116 Å². The molecule has 5 heteroatoms. The van der Waals surface area contributed by atoms with Crippen LogP contribution in [0.2, 0.25) is 0 Å². The lowest BCUT2D eigenvalue weighted by Gasteiger charge is -2.21. The zero-order chi connectivity index (χ0) is 13.2. The zero-order valence-corrected chi connectivity index (χ0v) is 11.5. The number of benzene rings is 1. The van der Waals surface area contributed by atoms with E-state index in [1.54, 1.807) is 0 Å². The van der Waals surface area contributed by atoms with E-state index in [-0.39, 0.29) is 11.9 Å². The van der Waals surface area contributed by atoms with Crippen LogP contribution < -0.4 is 5.32 Å². The van der Waals surface area contributed by atoms with Gasteiger partial charge in [0, 0.05) is 36.8 Å². The molecule has 1 aliphatic rings. The molecule has 3 rings (SSSR count). The summed E-state index contributed by atoms with van der Waals surface area (Å²) in [6.07, 6.45) is 1.81. The molecule has 2 aromatic rings. The van der Waals surface area contributed by atoms with Crippen molar-refractivity contribution in [2.75, 3.05) is 13.6 Å². The summed E-state index contributed by atoms with van der Waals surface area (Å²) in [6.45, 7) is 1.56. The molecule has 98 valence electrons. The summed E-state index contributed by atoms with van der Waals surface area (Å²) in [4.78, 5) is 15.1. The van der Waals surface area contributed by atoms with Gasteiger partial charge in [0.05, 0.1) is 6.04 Å². The van der Waals surface area contributed by atoms with Gasteiger partial charge < -0.3 is 10.2 Å². The molecule has 0 aliphatic carbocycles. The number of rotatable bonds is 4. The van der Waals surface area contributed by atoms with Gasteiger partial charge in [-0.3, -0.25) is 4.79 Å². The topological polar surface area (TPSA) is 45.2 Å². The van der Waals surface area contributed by atoms with Crippen LogP contribution in [0.4, 0.5) is 0 Å². The Morgan fingerprint density at radius 1 is 1.37 bits per heavy atom. The largest absolute Gasteiger partial charge is 0.333 e. The molecule has 1 atom stereocenters. The Kier molecular flexibility index (Phi) is 3.31. The molecule has 1 aromatic heterocycles. The highest BCUT2D eigenvalue weighted by molar-refractivity contribution is 7.05. The Morgan fingerprint density at radius 2 is 2.21 bits per heavy atom. The van der Waals surface area contributed by atoms with Crippen LogP contribution in [-0.4, -0.2) is 28.8 Å². The van der Waals surface area contributed by atoms with E-state index in [1.165, 1.54) is 16.4 Å². The van der Waals surface area contributed by atoms with Crippen molar-refractivity contribution in [1.29, 1.82) is 0 Å². The first-order chi connectivity index (χ1) is 9.27. The quantitative estimate of drug-likeness (QED) is 0.927. The fourth-order valence-corrected chi connectivity index (χ4v) is 2.98. The predicted octanol–water partition coefficient (Wildman–Crippen LogP) is 2.06. The summed E-state index contributed by atoms with van der Waals surface area (Å²) in [6, 6.07) is 9.97. The molecular weight excluding hydrogens is 258 g/mol. The predicted molar refractivity (Wildman–Crippen MR) is 75.1 cm³/mol. The summed E-state index contributed by atoms with van der Waals surface area (Å²) in [5.74, 6) is 0.111. The Morgan fingerprint density at radius 3 is 3.00 bits per heavy atom. The van der Waals surface area contributed by atoms with E-state index < -0.39 is 0 Å². The van der Waals surface area contributed by atoms with Crippen molar-refractivity contribution in [3.05, 3.63) is 52.5 Å². The van der Waals surface area contributed by atoms with Gasteiger partial charge in [-0.1, -0.05) is 18.2 Å². The minimum absolute atomic E-state index is 0.111. The van der Waals surface area contributed by atoms with Gasteiger partial charge in [0.15, 0.2) is 0 Å². The number of nitrogens with zero attached hydrogens (tertiary/aromatic N) is 2. The number of carbonyl (C=O) groups excluding carboxylic acids is 1. The third-order valence-corrected chi connectivity index (χ3v) is 4.21. The van der Waals surface area contributed by atoms with Crippen LogP contribution in [0.3, 0.4) is 0 Å². The number of carbonyl (C=O) groups is 1. The zero-order valence-electron chi connectivity index (χ0n) is 10.7. The Balaban J connectivity index is 1.69. The normalized spacial score (nSPS) is 17.8. The van der Waals surface area contributed by atoms with Crippen molar-refractivity contribution in [1.82, 2.24) is 14.6 Å². The second kappa shape index (κ2) is 5.11. The summed E-state index contributed by atoms with van der Waals surface area (Å²) >= 11 is 1.50. The van der Waals surface area contributed by atoms with Crippen molar-refractivity contribution in [2.45, 2.75) is 12.6 Å². The van der Waals surface area contributed by atoms with E-state index in [9.17, 15) is 4.79 Å². The SMILES string of the molecule is CN1C(=O)c2ccccc2C1CNCc1ccns1. The number of fused-ring (bicyclic) bond motifs is 1.